The van der Waals surface area contributed by atoms with Crippen LogP contribution in [-0.4, -0.2) is 7.85 Å². The van der Waals surface area contributed by atoms with Gasteiger partial charge in [0, 0.05) is 5.02 Å². The van der Waals surface area contributed by atoms with Gasteiger partial charge in [0.1, 0.15) is 0 Å². The van der Waals surface area contributed by atoms with Gasteiger partial charge in [-0.1, -0.05) is 56.0 Å². The van der Waals surface area contributed by atoms with Crippen molar-refractivity contribution in [2.75, 3.05) is 0 Å². The second-order valence-electron chi connectivity index (χ2n) is 3.83. The summed E-state index contributed by atoms with van der Waals surface area (Å²) in [5, 5.41) is 0.610. The molecule has 74 valence electrons. The van der Waals surface area contributed by atoms with Crippen molar-refractivity contribution in [3.8, 4) is 0 Å². The fourth-order valence-electron chi connectivity index (χ4n) is 1.61. The van der Waals surface area contributed by atoms with Crippen LogP contribution in [0.3, 0.4) is 0 Å². The second kappa shape index (κ2) is 4.40. The first-order chi connectivity index (χ1) is 6.53. The Kier molecular flexibility index (Phi) is 3.66. The Hall–Kier alpha value is -0.425. The first-order valence-corrected chi connectivity index (χ1v) is 5.46. The van der Waals surface area contributed by atoms with Gasteiger partial charge in [0.2, 0.25) is 0 Å². The van der Waals surface area contributed by atoms with Gasteiger partial charge in [-0.3, -0.25) is 0 Å². The molecule has 0 amide bonds. The summed E-state index contributed by atoms with van der Waals surface area (Å²) in [5.74, 6) is 0. The standard InChI is InChI=1S/C12H16BCl/c1-4-12(13,5-2)10-6-7-11(14)9(3)8-10/h6-8H,4-5H2,1-3H3. The number of hydrogen-bond donors (Lipinski definition) is 0. The Labute approximate surface area is 93.1 Å². The normalized spacial score (nSPS) is 11.7. The van der Waals surface area contributed by atoms with E-state index < -0.39 is 0 Å². The summed E-state index contributed by atoms with van der Waals surface area (Å²) in [6.45, 7) is 6.25. The van der Waals surface area contributed by atoms with E-state index in [1.165, 1.54) is 5.56 Å². The van der Waals surface area contributed by atoms with Crippen molar-refractivity contribution >= 4 is 19.4 Å². The maximum absolute atomic E-state index is 6.29. The van der Waals surface area contributed by atoms with Crippen molar-refractivity contribution in [1.82, 2.24) is 0 Å². The van der Waals surface area contributed by atoms with Crippen LogP contribution in [0, 0.1) is 6.92 Å². The summed E-state index contributed by atoms with van der Waals surface area (Å²) in [6.07, 6.45) is 1.90. The molecule has 0 fully saturated rings. The Morgan fingerprint density at radius 2 is 1.86 bits per heavy atom. The first-order valence-electron chi connectivity index (χ1n) is 5.09. The van der Waals surface area contributed by atoms with Crippen LogP contribution < -0.4 is 0 Å². The van der Waals surface area contributed by atoms with Crippen molar-refractivity contribution in [3.63, 3.8) is 0 Å². The Morgan fingerprint density at radius 1 is 1.29 bits per heavy atom. The summed E-state index contributed by atoms with van der Waals surface area (Å²) in [5.41, 5.74) is 2.28. The molecule has 0 aliphatic rings. The van der Waals surface area contributed by atoms with Crippen LogP contribution in [0.2, 0.25) is 5.02 Å². The molecule has 2 radical (unpaired) electrons. The zero-order valence-electron chi connectivity index (χ0n) is 9.10. The first kappa shape index (κ1) is 11.6. The van der Waals surface area contributed by atoms with Gasteiger partial charge in [0.25, 0.3) is 0 Å². The molecule has 1 aromatic carbocycles. The van der Waals surface area contributed by atoms with Gasteiger partial charge in [0.05, 0.1) is 7.85 Å². The number of benzene rings is 1. The predicted molar refractivity (Wildman–Crippen MR) is 64.2 cm³/mol. The molecule has 0 atom stereocenters. The van der Waals surface area contributed by atoms with Gasteiger partial charge in [-0.25, -0.2) is 0 Å². The minimum atomic E-state index is -0.199. The highest BCUT2D eigenvalue weighted by molar-refractivity contribution is 6.31. The monoisotopic (exact) mass is 206 g/mol. The summed E-state index contributed by atoms with van der Waals surface area (Å²) >= 11 is 5.98. The predicted octanol–water partition coefficient (Wildman–Crippen LogP) is 3.83. The molecule has 1 aromatic rings. The molecule has 0 aliphatic heterocycles. The molecule has 2 heteroatoms. The third-order valence-corrected chi connectivity index (χ3v) is 3.42. The van der Waals surface area contributed by atoms with Crippen LogP contribution in [0.1, 0.15) is 37.8 Å². The highest BCUT2D eigenvalue weighted by Crippen LogP contribution is 2.30. The molecule has 1 rings (SSSR count). The van der Waals surface area contributed by atoms with E-state index in [0.717, 1.165) is 23.4 Å². The number of hydrogen-bond acceptors (Lipinski definition) is 0. The van der Waals surface area contributed by atoms with Crippen LogP contribution in [0.4, 0.5) is 0 Å². The zero-order valence-corrected chi connectivity index (χ0v) is 9.86. The second-order valence-corrected chi connectivity index (χ2v) is 4.23. The van der Waals surface area contributed by atoms with Crippen molar-refractivity contribution in [3.05, 3.63) is 34.3 Å². The molecule has 0 bridgehead atoms. The van der Waals surface area contributed by atoms with Crippen LogP contribution in [-0.2, 0) is 5.31 Å². The number of aryl methyl sites for hydroxylation is 1. The fraction of sp³-hybridized carbons (Fsp3) is 0.500. The highest BCUT2D eigenvalue weighted by atomic mass is 35.5. The van der Waals surface area contributed by atoms with Gasteiger partial charge in [-0.05, 0) is 23.9 Å². The minimum absolute atomic E-state index is 0.199. The maximum Gasteiger partial charge on any atom is 0.0810 e. The molecule has 14 heavy (non-hydrogen) atoms. The quantitative estimate of drug-likeness (QED) is 0.660. The molecule has 0 unspecified atom stereocenters. The van der Waals surface area contributed by atoms with Crippen LogP contribution in [0.25, 0.3) is 0 Å². The van der Waals surface area contributed by atoms with Crippen molar-refractivity contribution < 1.29 is 0 Å². The van der Waals surface area contributed by atoms with E-state index in [0.29, 0.717) is 0 Å². The van der Waals surface area contributed by atoms with Crippen molar-refractivity contribution in [2.24, 2.45) is 0 Å². The summed E-state index contributed by atoms with van der Waals surface area (Å²) in [6, 6.07) is 6.05. The van der Waals surface area contributed by atoms with Crippen LogP contribution >= 0.6 is 11.6 Å². The lowest BCUT2D eigenvalue weighted by Gasteiger charge is -2.28. The molecule has 0 aliphatic carbocycles. The SMILES string of the molecule is [B]C(CC)(CC)c1ccc(Cl)c(C)c1. The molecule has 0 heterocycles. The van der Waals surface area contributed by atoms with E-state index in [1.807, 2.05) is 19.1 Å². The third-order valence-electron chi connectivity index (χ3n) is 2.99. The zero-order chi connectivity index (χ0) is 10.8. The third kappa shape index (κ3) is 2.14. The lowest BCUT2D eigenvalue weighted by molar-refractivity contribution is 0.564. The van der Waals surface area contributed by atoms with E-state index in [1.54, 1.807) is 0 Å². The maximum atomic E-state index is 6.29. The summed E-state index contributed by atoms with van der Waals surface area (Å²) in [4.78, 5) is 0. The average Bonchev–Trinajstić information content (AvgIpc) is 2.21. The molecule has 0 saturated carbocycles. The van der Waals surface area contributed by atoms with Crippen LogP contribution in [0.15, 0.2) is 18.2 Å². The molecular formula is C12H16BCl. The lowest BCUT2D eigenvalue weighted by Crippen LogP contribution is -2.24. The fourth-order valence-corrected chi connectivity index (χ4v) is 1.73. The van der Waals surface area contributed by atoms with Gasteiger partial charge in [-0.2, -0.15) is 0 Å². The van der Waals surface area contributed by atoms with E-state index >= 15 is 0 Å². The number of rotatable bonds is 3. The minimum Gasteiger partial charge on any atom is -0.0841 e. The van der Waals surface area contributed by atoms with Crippen molar-refractivity contribution in [2.45, 2.75) is 38.9 Å². The molecule has 0 spiro atoms. The Bertz CT molecular complexity index is 316. The Balaban J connectivity index is 3.12. The molecular weight excluding hydrogens is 190 g/mol. The van der Waals surface area contributed by atoms with Gasteiger partial charge in [-0.15, -0.1) is 0 Å². The van der Waals surface area contributed by atoms with Gasteiger partial charge >= 0.3 is 0 Å². The molecule has 0 saturated heterocycles. The van der Waals surface area contributed by atoms with E-state index in [2.05, 4.69) is 19.9 Å². The van der Waals surface area contributed by atoms with Crippen LogP contribution in [0.5, 0.6) is 0 Å². The van der Waals surface area contributed by atoms with E-state index in [9.17, 15) is 0 Å². The lowest BCUT2D eigenvalue weighted by atomic mass is 9.61. The van der Waals surface area contributed by atoms with Gasteiger partial charge in [0.15, 0.2) is 0 Å². The summed E-state index contributed by atoms with van der Waals surface area (Å²) < 4.78 is 0. The highest BCUT2D eigenvalue weighted by Gasteiger charge is 2.21. The molecule has 0 aromatic heterocycles. The molecule has 0 nitrogen and oxygen atoms in total. The number of halogens is 1. The topological polar surface area (TPSA) is 0 Å². The Morgan fingerprint density at radius 3 is 2.29 bits per heavy atom. The average molecular weight is 207 g/mol. The molecule has 0 N–H and O–H groups in total. The van der Waals surface area contributed by atoms with E-state index in [-0.39, 0.29) is 5.31 Å². The largest absolute Gasteiger partial charge is 0.0841 e. The summed E-state index contributed by atoms with van der Waals surface area (Å²) in [7, 11) is 6.29. The van der Waals surface area contributed by atoms with Crippen molar-refractivity contribution in [1.29, 1.82) is 0 Å². The van der Waals surface area contributed by atoms with Gasteiger partial charge < -0.3 is 0 Å². The van der Waals surface area contributed by atoms with E-state index in [4.69, 9.17) is 19.4 Å². The smallest absolute Gasteiger partial charge is 0.0810 e.